The number of anilines is 1. The van der Waals surface area contributed by atoms with Crippen LogP contribution in [0.1, 0.15) is 43.7 Å². The Hall–Kier alpha value is -2.67. The summed E-state index contributed by atoms with van der Waals surface area (Å²) in [6.07, 6.45) is 4.48. The minimum atomic E-state index is -0.688. The number of fused-ring (bicyclic) bond motifs is 3. The summed E-state index contributed by atoms with van der Waals surface area (Å²) < 4.78 is 7.01. The third kappa shape index (κ3) is 3.67. The van der Waals surface area contributed by atoms with Crippen molar-refractivity contribution < 1.29 is 9.53 Å². The van der Waals surface area contributed by atoms with Crippen LogP contribution in [0.25, 0.3) is 10.2 Å². The van der Waals surface area contributed by atoms with E-state index in [0.29, 0.717) is 29.3 Å². The molecule has 2 heterocycles. The van der Waals surface area contributed by atoms with Crippen molar-refractivity contribution >= 4 is 33.1 Å². The zero-order chi connectivity index (χ0) is 20.5. The van der Waals surface area contributed by atoms with Crippen LogP contribution in [0.5, 0.6) is 5.75 Å². The highest BCUT2D eigenvalue weighted by Gasteiger charge is 2.25. The number of ether oxygens (including phenoxy) is 1. The lowest BCUT2D eigenvalue weighted by molar-refractivity contribution is -0.118. The minimum Gasteiger partial charge on any atom is -0.492 e. The van der Waals surface area contributed by atoms with Crippen molar-refractivity contribution in [2.75, 3.05) is 11.9 Å². The van der Waals surface area contributed by atoms with Gasteiger partial charge in [0, 0.05) is 4.88 Å². The monoisotopic (exact) mass is 411 g/mol. The molecule has 0 radical (unpaired) electrons. The van der Waals surface area contributed by atoms with E-state index in [-0.39, 0.29) is 11.5 Å². The molecule has 0 spiro atoms. The quantitative estimate of drug-likeness (QED) is 0.684. The largest absolute Gasteiger partial charge is 0.492 e. The molecule has 1 amide bonds. The Morgan fingerprint density at radius 3 is 3.00 bits per heavy atom. The van der Waals surface area contributed by atoms with Crippen LogP contribution in [0.2, 0.25) is 0 Å². The highest BCUT2D eigenvalue weighted by molar-refractivity contribution is 7.18. The maximum atomic E-state index is 13.2. The van der Waals surface area contributed by atoms with Crippen LogP contribution in [0.4, 0.5) is 5.69 Å². The first-order chi connectivity index (χ1) is 14.0. The number of nitrogens with zero attached hydrogens (tertiary/aromatic N) is 2. The normalized spacial score (nSPS) is 17.0. The van der Waals surface area contributed by atoms with Crippen LogP contribution in [0.15, 0.2) is 35.4 Å². The molecule has 1 N–H and O–H groups in total. The lowest BCUT2D eigenvalue weighted by Crippen LogP contribution is -2.32. The Kier molecular flexibility index (Phi) is 5.41. The average molecular weight is 412 g/mol. The highest BCUT2D eigenvalue weighted by atomic mass is 32.1. The van der Waals surface area contributed by atoms with Gasteiger partial charge in [-0.05, 0) is 56.7 Å². The summed E-state index contributed by atoms with van der Waals surface area (Å²) in [7, 11) is 0. The molecule has 0 saturated carbocycles. The van der Waals surface area contributed by atoms with E-state index in [2.05, 4.69) is 17.2 Å². The summed E-state index contributed by atoms with van der Waals surface area (Å²) >= 11 is 1.61. The molecule has 0 aliphatic heterocycles. The summed E-state index contributed by atoms with van der Waals surface area (Å²) in [6.45, 7) is 6.36. The van der Waals surface area contributed by atoms with Crippen molar-refractivity contribution in [3.05, 3.63) is 51.4 Å². The molecule has 0 saturated heterocycles. The van der Waals surface area contributed by atoms with Crippen molar-refractivity contribution in [1.29, 1.82) is 0 Å². The summed E-state index contributed by atoms with van der Waals surface area (Å²) in [4.78, 5) is 32.7. The van der Waals surface area contributed by atoms with E-state index in [1.165, 1.54) is 15.8 Å². The fourth-order valence-electron chi connectivity index (χ4n) is 3.83. The fraction of sp³-hybridized carbons (Fsp3) is 0.409. The van der Waals surface area contributed by atoms with Crippen molar-refractivity contribution in [3.63, 3.8) is 0 Å². The molecule has 2 aromatic heterocycles. The molecule has 3 aromatic rings. The predicted octanol–water partition coefficient (Wildman–Crippen LogP) is 4.18. The third-order valence-electron chi connectivity index (χ3n) is 5.48. The molecule has 7 heteroatoms. The van der Waals surface area contributed by atoms with Crippen LogP contribution < -0.4 is 15.6 Å². The number of rotatable bonds is 5. The second-order valence-corrected chi connectivity index (χ2v) is 8.67. The van der Waals surface area contributed by atoms with E-state index in [0.717, 1.165) is 29.7 Å². The first-order valence-corrected chi connectivity index (χ1v) is 10.8. The maximum Gasteiger partial charge on any atom is 0.263 e. The summed E-state index contributed by atoms with van der Waals surface area (Å²) in [6, 6.07) is 6.60. The number of hydrogen-bond donors (Lipinski definition) is 1. The van der Waals surface area contributed by atoms with E-state index >= 15 is 0 Å². The Balaban J connectivity index is 1.65. The molecule has 1 aliphatic carbocycles. The lowest BCUT2D eigenvalue weighted by atomic mass is 9.89. The fourth-order valence-corrected chi connectivity index (χ4v) is 5.18. The van der Waals surface area contributed by atoms with Gasteiger partial charge in [-0.15, -0.1) is 11.3 Å². The van der Waals surface area contributed by atoms with Gasteiger partial charge in [0.25, 0.3) is 5.56 Å². The maximum absolute atomic E-state index is 13.2. The predicted molar refractivity (Wildman–Crippen MR) is 116 cm³/mol. The summed E-state index contributed by atoms with van der Waals surface area (Å²) in [5, 5.41) is 3.57. The highest BCUT2D eigenvalue weighted by Crippen LogP contribution is 2.35. The van der Waals surface area contributed by atoms with Gasteiger partial charge in [-0.2, -0.15) is 0 Å². The van der Waals surface area contributed by atoms with Gasteiger partial charge in [-0.25, -0.2) is 4.98 Å². The molecular formula is C22H25N3O3S. The number of aromatic nitrogens is 2. The molecule has 2 unspecified atom stereocenters. The number of hydrogen-bond acceptors (Lipinski definition) is 5. The molecule has 152 valence electrons. The smallest absolute Gasteiger partial charge is 0.263 e. The molecule has 6 nitrogen and oxygen atoms in total. The third-order valence-corrected chi connectivity index (χ3v) is 6.64. The molecule has 2 atom stereocenters. The number of carbonyl (C=O) groups excluding carboxylic acids is 1. The van der Waals surface area contributed by atoms with Crippen molar-refractivity contribution in [1.82, 2.24) is 9.55 Å². The van der Waals surface area contributed by atoms with E-state index < -0.39 is 6.04 Å². The molecule has 0 fully saturated rings. The Morgan fingerprint density at radius 2 is 2.21 bits per heavy atom. The van der Waals surface area contributed by atoms with Gasteiger partial charge in [0.2, 0.25) is 5.91 Å². The molecule has 1 aromatic carbocycles. The van der Waals surface area contributed by atoms with Gasteiger partial charge in [0.05, 0.1) is 24.0 Å². The number of thiophene rings is 1. The van der Waals surface area contributed by atoms with E-state index in [1.54, 1.807) is 24.3 Å². The zero-order valence-electron chi connectivity index (χ0n) is 16.9. The van der Waals surface area contributed by atoms with Crippen molar-refractivity contribution in [2.45, 2.75) is 46.1 Å². The SMILES string of the molecule is CCOc1ccccc1NC(=O)C(C)n1cnc2sc3c(c2c1=O)CCC(C)C3. The van der Waals surface area contributed by atoms with Crippen LogP contribution in [0, 0.1) is 5.92 Å². The second kappa shape index (κ2) is 7.99. The Morgan fingerprint density at radius 1 is 1.41 bits per heavy atom. The van der Waals surface area contributed by atoms with Gasteiger partial charge in [-0.3, -0.25) is 14.2 Å². The molecular weight excluding hydrogens is 386 g/mol. The number of aryl methyl sites for hydroxylation is 1. The number of nitrogens with one attached hydrogen (secondary N) is 1. The van der Waals surface area contributed by atoms with Crippen molar-refractivity contribution in [3.8, 4) is 5.75 Å². The molecule has 4 rings (SSSR count). The number of para-hydroxylation sites is 2. The van der Waals surface area contributed by atoms with Gasteiger partial charge in [0.15, 0.2) is 0 Å². The van der Waals surface area contributed by atoms with Crippen LogP contribution in [-0.4, -0.2) is 22.1 Å². The first-order valence-electron chi connectivity index (χ1n) is 10.0. The minimum absolute atomic E-state index is 0.136. The standard InChI is InChI=1S/C22H25N3O3S/c1-4-28-17-8-6-5-7-16(17)24-20(26)14(3)25-12-23-21-19(22(25)27)15-10-9-13(2)11-18(15)29-21/h5-8,12-14H,4,9-11H2,1-3H3,(H,24,26). The molecule has 1 aliphatic rings. The van der Waals surface area contributed by atoms with Crippen LogP contribution >= 0.6 is 11.3 Å². The average Bonchev–Trinajstić information content (AvgIpc) is 3.07. The Bertz CT molecular complexity index is 1120. The number of carbonyl (C=O) groups is 1. The zero-order valence-corrected chi connectivity index (χ0v) is 17.7. The van der Waals surface area contributed by atoms with E-state index in [9.17, 15) is 9.59 Å². The van der Waals surface area contributed by atoms with Gasteiger partial charge in [-0.1, -0.05) is 19.1 Å². The van der Waals surface area contributed by atoms with E-state index in [4.69, 9.17) is 4.74 Å². The lowest BCUT2D eigenvalue weighted by Gasteiger charge is -2.18. The molecule has 29 heavy (non-hydrogen) atoms. The summed E-state index contributed by atoms with van der Waals surface area (Å²) in [5.74, 6) is 0.962. The van der Waals surface area contributed by atoms with Crippen LogP contribution in [-0.2, 0) is 17.6 Å². The summed E-state index contributed by atoms with van der Waals surface area (Å²) in [5.41, 5.74) is 1.59. The van der Waals surface area contributed by atoms with Crippen LogP contribution in [0.3, 0.4) is 0 Å². The van der Waals surface area contributed by atoms with Gasteiger partial charge < -0.3 is 10.1 Å². The van der Waals surface area contributed by atoms with Gasteiger partial charge in [0.1, 0.15) is 16.6 Å². The van der Waals surface area contributed by atoms with Gasteiger partial charge >= 0.3 is 0 Å². The van der Waals surface area contributed by atoms with E-state index in [1.807, 2.05) is 25.1 Å². The topological polar surface area (TPSA) is 73.2 Å². The molecule has 0 bridgehead atoms. The first kappa shape index (κ1) is 19.6. The second-order valence-electron chi connectivity index (χ2n) is 7.58. The van der Waals surface area contributed by atoms with Crippen molar-refractivity contribution in [2.24, 2.45) is 5.92 Å². The number of benzene rings is 1. The number of amides is 1. The Labute approximate surface area is 173 Å².